The van der Waals surface area contributed by atoms with E-state index in [0.29, 0.717) is 18.5 Å². The predicted octanol–water partition coefficient (Wildman–Crippen LogP) is 0.856. The molecule has 2 N–H and O–H groups in total. The summed E-state index contributed by atoms with van der Waals surface area (Å²) < 4.78 is 0. The van der Waals surface area contributed by atoms with Crippen molar-refractivity contribution < 1.29 is 9.59 Å². The first-order chi connectivity index (χ1) is 7.27. The molecule has 3 rings (SSSR count). The van der Waals surface area contributed by atoms with Gasteiger partial charge in [0, 0.05) is 29.8 Å². The third-order valence-electron chi connectivity index (χ3n) is 2.92. The summed E-state index contributed by atoms with van der Waals surface area (Å²) >= 11 is 0. The Morgan fingerprint density at radius 3 is 3.00 bits per heavy atom. The molecule has 1 aromatic carbocycles. The number of carbonyl (C=O) groups is 2. The first-order valence-corrected chi connectivity index (χ1v) is 4.98. The topological polar surface area (TPSA) is 58.2 Å². The molecular weight excluding hydrogens is 192 g/mol. The van der Waals surface area contributed by atoms with Gasteiger partial charge < -0.3 is 10.6 Å². The fourth-order valence-electron chi connectivity index (χ4n) is 2.22. The van der Waals surface area contributed by atoms with E-state index in [1.165, 1.54) is 0 Å². The SMILES string of the molecule is O=C1CCNC2C(=O)Nc3cccc1c32. The maximum Gasteiger partial charge on any atom is 0.246 e. The molecule has 2 aliphatic heterocycles. The van der Waals surface area contributed by atoms with Gasteiger partial charge in [-0.15, -0.1) is 0 Å². The fraction of sp³-hybridized carbons (Fsp3) is 0.273. The minimum atomic E-state index is -0.345. The first kappa shape index (κ1) is 8.61. The lowest BCUT2D eigenvalue weighted by Gasteiger charge is -2.07. The van der Waals surface area contributed by atoms with Crippen LogP contribution < -0.4 is 10.6 Å². The van der Waals surface area contributed by atoms with Crippen molar-refractivity contribution in [2.45, 2.75) is 12.5 Å². The van der Waals surface area contributed by atoms with E-state index in [2.05, 4.69) is 10.6 Å². The summed E-state index contributed by atoms with van der Waals surface area (Å²) in [5.74, 6) is 0.0468. The highest BCUT2D eigenvalue weighted by atomic mass is 16.2. The summed E-state index contributed by atoms with van der Waals surface area (Å²) in [5.41, 5.74) is 2.27. The van der Waals surface area contributed by atoms with Gasteiger partial charge in [-0.3, -0.25) is 9.59 Å². The number of ketones is 1. The van der Waals surface area contributed by atoms with Crippen molar-refractivity contribution in [1.29, 1.82) is 0 Å². The number of amides is 1. The van der Waals surface area contributed by atoms with Gasteiger partial charge in [-0.05, 0) is 6.07 Å². The Morgan fingerprint density at radius 1 is 1.27 bits per heavy atom. The smallest absolute Gasteiger partial charge is 0.246 e. The second kappa shape index (κ2) is 2.90. The number of benzene rings is 1. The van der Waals surface area contributed by atoms with E-state index >= 15 is 0 Å². The summed E-state index contributed by atoms with van der Waals surface area (Å²) in [5, 5.41) is 5.86. The highest BCUT2D eigenvalue weighted by molar-refractivity contribution is 6.09. The van der Waals surface area contributed by atoms with Crippen LogP contribution in [0, 0.1) is 0 Å². The number of hydrogen-bond acceptors (Lipinski definition) is 3. The lowest BCUT2D eigenvalue weighted by Crippen LogP contribution is -2.27. The molecule has 0 spiro atoms. The number of anilines is 1. The molecule has 4 nitrogen and oxygen atoms in total. The third kappa shape index (κ3) is 1.11. The van der Waals surface area contributed by atoms with Crippen molar-refractivity contribution in [2.75, 3.05) is 11.9 Å². The second-order valence-electron chi connectivity index (χ2n) is 3.82. The van der Waals surface area contributed by atoms with Crippen LogP contribution in [0.2, 0.25) is 0 Å². The van der Waals surface area contributed by atoms with E-state index in [-0.39, 0.29) is 17.7 Å². The molecule has 0 aliphatic carbocycles. The van der Waals surface area contributed by atoms with Crippen LogP contribution in [0.3, 0.4) is 0 Å². The number of rotatable bonds is 0. The molecule has 2 aliphatic rings. The van der Waals surface area contributed by atoms with Gasteiger partial charge in [0.2, 0.25) is 5.91 Å². The van der Waals surface area contributed by atoms with E-state index in [9.17, 15) is 9.59 Å². The van der Waals surface area contributed by atoms with Crippen LogP contribution in [0.1, 0.15) is 28.4 Å². The molecule has 0 saturated heterocycles. The van der Waals surface area contributed by atoms with E-state index in [1.807, 2.05) is 6.07 Å². The van der Waals surface area contributed by atoms with Crippen LogP contribution >= 0.6 is 0 Å². The molecule has 15 heavy (non-hydrogen) atoms. The van der Waals surface area contributed by atoms with E-state index in [1.54, 1.807) is 12.1 Å². The normalized spacial score (nSPS) is 23.3. The van der Waals surface area contributed by atoms with Gasteiger partial charge in [-0.2, -0.15) is 0 Å². The average Bonchev–Trinajstić information content (AvgIpc) is 2.43. The number of hydrogen-bond donors (Lipinski definition) is 2. The quantitative estimate of drug-likeness (QED) is 0.656. The standard InChI is InChI=1S/C11H10N2O2/c14-8-4-5-12-10-9-6(8)2-1-3-7(9)13-11(10)15/h1-3,10,12H,4-5H2,(H,13,15). The minimum absolute atomic E-state index is 0.0628. The molecule has 0 aromatic heterocycles. The van der Waals surface area contributed by atoms with E-state index < -0.39 is 0 Å². The van der Waals surface area contributed by atoms with Crippen molar-refractivity contribution in [3.8, 4) is 0 Å². The molecule has 4 heteroatoms. The summed E-state index contributed by atoms with van der Waals surface area (Å²) in [7, 11) is 0. The molecule has 1 aromatic rings. The van der Waals surface area contributed by atoms with Crippen molar-refractivity contribution in [2.24, 2.45) is 0 Å². The van der Waals surface area contributed by atoms with Gasteiger partial charge in [-0.1, -0.05) is 12.1 Å². The molecule has 0 radical (unpaired) electrons. The maximum atomic E-state index is 11.8. The molecule has 0 saturated carbocycles. The van der Waals surface area contributed by atoms with Gasteiger partial charge in [0.15, 0.2) is 5.78 Å². The Morgan fingerprint density at radius 2 is 2.13 bits per heavy atom. The van der Waals surface area contributed by atoms with Crippen molar-refractivity contribution in [3.63, 3.8) is 0 Å². The minimum Gasteiger partial charge on any atom is -0.324 e. The number of carbonyl (C=O) groups excluding carboxylic acids is 2. The van der Waals surface area contributed by atoms with Crippen molar-refractivity contribution in [3.05, 3.63) is 29.3 Å². The van der Waals surface area contributed by atoms with Crippen LogP contribution in [0.4, 0.5) is 5.69 Å². The molecule has 76 valence electrons. The second-order valence-corrected chi connectivity index (χ2v) is 3.82. The van der Waals surface area contributed by atoms with Gasteiger partial charge in [-0.25, -0.2) is 0 Å². The zero-order valence-corrected chi connectivity index (χ0v) is 8.04. The van der Waals surface area contributed by atoms with Crippen LogP contribution in [-0.4, -0.2) is 18.2 Å². The Balaban J connectivity index is 2.26. The summed E-state index contributed by atoms with van der Waals surface area (Å²) in [4.78, 5) is 23.4. The number of nitrogens with one attached hydrogen (secondary N) is 2. The highest BCUT2D eigenvalue weighted by Gasteiger charge is 2.35. The summed E-state index contributed by atoms with van der Waals surface area (Å²) in [6.07, 6.45) is 0.459. The zero-order chi connectivity index (χ0) is 10.4. The Labute approximate surface area is 86.7 Å². The first-order valence-electron chi connectivity index (χ1n) is 4.98. The molecule has 0 bridgehead atoms. The monoisotopic (exact) mass is 202 g/mol. The largest absolute Gasteiger partial charge is 0.324 e. The maximum absolute atomic E-state index is 11.8. The van der Waals surface area contributed by atoms with Gasteiger partial charge in [0.25, 0.3) is 0 Å². The molecule has 1 atom stereocenters. The van der Waals surface area contributed by atoms with Gasteiger partial charge in [0.05, 0.1) is 0 Å². The molecule has 1 amide bonds. The Kier molecular flexibility index (Phi) is 1.67. The van der Waals surface area contributed by atoms with E-state index in [4.69, 9.17) is 0 Å². The zero-order valence-electron chi connectivity index (χ0n) is 8.04. The predicted molar refractivity (Wildman–Crippen MR) is 54.8 cm³/mol. The molecule has 2 heterocycles. The number of Topliss-reactive ketones (excluding diaryl/α,β-unsaturated/α-hetero) is 1. The summed E-state index contributed by atoms with van der Waals surface area (Å²) in [6.45, 7) is 0.561. The third-order valence-corrected chi connectivity index (χ3v) is 2.92. The lowest BCUT2D eigenvalue weighted by atomic mass is 9.99. The summed E-state index contributed by atoms with van der Waals surface area (Å²) in [6, 6.07) is 5.08. The van der Waals surface area contributed by atoms with E-state index in [0.717, 1.165) is 11.3 Å². The molecule has 0 fully saturated rings. The molecular formula is C11H10N2O2. The molecule has 1 unspecified atom stereocenters. The van der Waals surface area contributed by atoms with Crippen molar-refractivity contribution >= 4 is 17.4 Å². The lowest BCUT2D eigenvalue weighted by molar-refractivity contribution is -0.117. The highest BCUT2D eigenvalue weighted by Crippen LogP contribution is 2.35. The van der Waals surface area contributed by atoms with Gasteiger partial charge >= 0.3 is 0 Å². The van der Waals surface area contributed by atoms with Crippen LogP contribution in [0.5, 0.6) is 0 Å². The average molecular weight is 202 g/mol. The van der Waals surface area contributed by atoms with Crippen LogP contribution in [0.15, 0.2) is 18.2 Å². The van der Waals surface area contributed by atoms with Crippen molar-refractivity contribution in [1.82, 2.24) is 5.32 Å². The Hall–Kier alpha value is -1.68. The fourth-order valence-corrected chi connectivity index (χ4v) is 2.22. The van der Waals surface area contributed by atoms with Crippen LogP contribution in [-0.2, 0) is 4.79 Å². The van der Waals surface area contributed by atoms with Crippen LogP contribution in [0.25, 0.3) is 0 Å². The Bertz CT molecular complexity index is 468. The van der Waals surface area contributed by atoms with Gasteiger partial charge in [0.1, 0.15) is 6.04 Å².